The molecule has 1 saturated heterocycles. The SMILES string of the molecule is C[C@@H]1CNC[C@H]2Cc3cc4c(nc3N21)CN(C1CC1)C4. The van der Waals surface area contributed by atoms with Crippen molar-refractivity contribution in [3.63, 3.8) is 0 Å². The van der Waals surface area contributed by atoms with Crippen molar-refractivity contribution in [2.45, 2.75) is 57.4 Å². The van der Waals surface area contributed by atoms with Gasteiger partial charge in [-0.25, -0.2) is 4.98 Å². The highest BCUT2D eigenvalue weighted by atomic mass is 15.3. The zero-order valence-corrected chi connectivity index (χ0v) is 12.1. The Morgan fingerprint density at radius 3 is 2.90 bits per heavy atom. The zero-order chi connectivity index (χ0) is 13.3. The molecule has 1 aromatic rings. The minimum atomic E-state index is 0.571. The Morgan fingerprint density at radius 1 is 1.15 bits per heavy atom. The second-order valence-corrected chi connectivity index (χ2v) is 6.99. The number of nitrogens with one attached hydrogen (secondary N) is 1. The van der Waals surface area contributed by atoms with Crippen LogP contribution in [-0.2, 0) is 19.5 Å². The van der Waals surface area contributed by atoms with Crippen molar-refractivity contribution in [1.82, 2.24) is 15.2 Å². The highest BCUT2D eigenvalue weighted by molar-refractivity contribution is 5.58. The van der Waals surface area contributed by atoms with Crippen LogP contribution in [0.4, 0.5) is 5.82 Å². The van der Waals surface area contributed by atoms with Gasteiger partial charge in [-0.1, -0.05) is 0 Å². The summed E-state index contributed by atoms with van der Waals surface area (Å²) in [5.41, 5.74) is 4.33. The first-order chi connectivity index (χ1) is 9.79. The van der Waals surface area contributed by atoms with E-state index in [9.17, 15) is 0 Å². The fourth-order valence-electron chi connectivity index (χ4n) is 4.26. The van der Waals surface area contributed by atoms with E-state index in [0.29, 0.717) is 12.1 Å². The predicted octanol–water partition coefficient (Wildman–Crippen LogP) is 1.28. The monoisotopic (exact) mass is 270 g/mol. The molecular formula is C16H22N4. The highest BCUT2D eigenvalue weighted by Crippen LogP contribution is 2.39. The number of rotatable bonds is 1. The summed E-state index contributed by atoms with van der Waals surface area (Å²) in [4.78, 5) is 10.3. The molecule has 0 bridgehead atoms. The Morgan fingerprint density at radius 2 is 2.05 bits per heavy atom. The molecule has 0 spiro atoms. The number of fused-ring (bicyclic) bond motifs is 4. The summed E-state index contributed by atoms with van der Waals surface area (Å²) in [7, 11) is 0. The molecule has 1 aromatic heterocycles. The van der Waals surface area contributed by atoms with Gasteiger partial charge in [0.2, 0.25) is 0 Å². The molecule has 2 fully saturated rings. The smallest absolute Gasteiger partial charge is 0.132 e. The van der Waals surface area contributed by atoms with Gasteiger partial charge in [0.25, 0.3) is 0 Å². The summed E-state index contributed by atoms with van der Waals surface area (Å²) < 4.78 is 0. The van der Waals surface area contributed by atoms with Crippen LogP contribution >= 0.6 is 0 Å². The van der Waals surface area contributed by atoms with E-state index in [2.05, 4.69) is 28.1 Å². The first kappa shape index (κ1) is 11.5. The fraction of sp³-hybridized carbons (Fsp3) is 0.688. The molecule has 3 aliphatic heterocycles. The molecule has 1 saturated carbocycles. The molecule has 1 aliphatic carbocycles. The molecule has 4 heteroatoms. The number of nitrogens with zero attached hydrogens (tertiary/aromatic N) is 3. The first-order valence-electron chi connectivity index (χ1n) is 8.04. The van der Waals surface area contributed by atoms with E-state index in [-0.39, 0.29) is 0 Å². The molecule has 0 amide bonds. The molecule has 2 atom stereocenters. The second kappa shape index (κ2) is 3.95. The molecule has 4 aliphatic rings. The van der Waals surface area contributed by atoms with Crippen LogP contribution in [0.25, 0.3) is 0 Å². The third-order valence-electron chi connectivity index (χ3n) is 5.42. The van der Waals surface area contributed by atoms with Gasteiger partial charge in [0.15, 0.2) is 0 Å². The van der Waals surface area contributed by atoms with E-state index < -0.39 is 0 Å². The number of pyridine rings is 1. The molecule has 5 rings (SSSR count). The topological polar surface area (TPSA) is 31.4 Å². The zero-order valence-electron chi connectivity index (χ0n) is 12.1. The van der Waals surface area contributed by atoms with E-state index in [1.165, 1.54) is 41.9 Å². The Kier molecular flexibility index (Phi) is 2.28. The Bertz CT molecular complexity index is 566. The summed E-state index contributed by atoms with van der Waals surface area (Å²) in [6, 6.07) is 4.51. The van der Waals surface area contributed by atoms with Crippen molar-refractivity contribution in [3.8, 4) is 0 Å². The van der Waals surface area contributed by atoms with Gasteiger partial charge in [-0.05, 0) is 43.4 Å². The normalized spacial score (nSPS) is 32.1. The van der Waals surface area contributed by atoms with Gasteiger partial charge in [-0.3, -0.25) is 4.90 Å². The quantitative estimate of drug-likeness (QED) is 0.833. The second-order valence-electron chi connectivity index (χ2n) is 6.99. The third kappa shape index (κ3) is 1.58. The van der Waals surface area contributed by atoms with Crippen molar-refractivity contribution < 1.29 is 0 Å². The Balaban J connectivity index is 1.51. The van der Waals surface area contributed by atoms with Gasteiger partial charge in [-0.2, -0.15) is 0 Å². The Labute approximate surface area is 120 Å². The third-order valence-corrected chi connectivity index (χ3v) is 5.42. The standard InChI is InChI=1S/C16H22N4/c1-10-6-17-7-14-5-11-4-12-8-19(13-2-3-13)9-15(12)18-16(11)20(10)14/h4,10,13-14,17H,2-3,5-9H2,1H3/t10-,14-/m1/s1. The average molecular weight is 270 g/mol. The van der Waals surface area contributed by atoms with Gasteiger partial charge in [0, 0.05) is 44.3 Å². The summed E-state index contributed by atoms with van der Waals surface area (Å²) in [6.45, 7) is 6.74. The van der Waals surface area contributed by atoms with Gasteiger partial charge in [0.05, 0.1) is 5.69 Å². The lowest BCUT2D eigenvalue weighted by Crippen LogP contribution is -2.55. The van der Waals surface area contributed by atoms with Crippen LogP contribution in [0.2, 0.25) is 0 Å². The number of hydrogen-bond acceptors (Lipinski definition) is 4. The molecule has 0 radical (unpaired) electrons. The van der Waals surface area contributed by atoms with Crippen molar-refractivity contribution in [2.75, 3.05) is 18.0 Å². The highest BCUT2D eigenvalue weighted by Gasteiger charge is 2.39. The summed E-state index contributed by atoms with van der Waals surface area (Å²) >= 11 is 0. The Hall–Kier alpha value is -1.13. The molecule has 4 nitrogen and oxygen atoms in total. The van der Waals surface area contributed by atoms with Gasteiger partial charge in [-0.15, -0.1) is 0 Å². The van der Waals surface area contributed by atoms with Crippen molar-refractivity contribution in [1.29, 1.82) is 0 Å². The number of aromatic nitrogens is 1. The number of hydrogen-bond donors (Lipinski definition) is 1. The van der Waals surface area contributed by atoms with Crippen LogP contribution in [-0.4, -0.2) is 41.1 Å². The molecule has 0 aromatic carbocycles. The lowest BCUT2D eigenvalue weighted by atomic mass is 10.1. The van der Waals surface area contributed by atoms with Crippen LogP contribution in [0.3, 0.4) is 0 Å². The van der Waals surface area contributed by atoms with Gasteiger partial charge >= 0.3 is 0 Å². The van der Waals surface area contributed by atoms with Crippen molar-refractivity contribution in [2.24, 2.45) is 0 Å². The van der Waals surface area contributed by atoms with Crippen LogP contribution < -0.4 is 10.2 Å². The largest absolute Gasteiger partial charge is 0.348 e. The van der Waals surface area contributed by atoms with E-state index in [4.69, 9.17) is 4.98 Å². The molecule has 1 N–H and O–H groups in total. The maximum absolute atomic E-state index is 5.09. The van der Waals surface area contributed by atoms with Crippen molar-refractivity contribution in [3.05, 3.63) is 22.9 Å². The van der Waals surface area contributed by atoms with Gasteiger partial charge < -0.3 is 10.2 Å². The summed E-state index contributed by atoms with van der Waals surface area (Å²) in [5, 5.41) is 3.55. The van der Waals surface area contributed by atoms with Gasteiger partial charge in [0.1, 0.15) is 5.82 Å². The van der Waals surface area contributed by atoms with Crippen LogP contribution in [0, 0.1) is 0 Å². The predicted molar refractivity (Wildman–Crippen MR) is 78.8 cm³/mol. The molecular weight excluding hydrogens is 248 g/mol. The van der Waals surface area contributed by atoms with E-state index in [0.717, 1.165) is 32.2 Å². The van der Waals surface area contributed by atoms with Crippen molar-refractivity contribution >= 4 is 5.82 Å². The van der Waals surface area contributed by atoms with Crippen LogP contribution in [0.15, 0.2) is 6.07 Å². The van der Waals surface area contributed by atoms with Crippen LogP contribution in [0.1, 0.15) is 36.6 Å². The van der Waals surface area contributed by atoms with Crippen LogP contribution in [0.5, 0.6) is 0 Å². The summed E-state index contributed by atoms with van der Waals surface area (Å²) in [5.74, 6) is 1.29. The average Bonchev–Trinajstić information content (AvgIpc) is 3.10. The lowest BCUT2D eigenvalue weighted by Gasteiger charge is -2.37. The molecule has 0 unspecified atom stereocenters. The van der Waals surface area contributed by atoms with E-state index in [1.54, 1.807) is 0 Å². The fourth-order valence-corrected chi connectivity index (χ4v) is 4.26. The minimum Gasteiger partial charge on any atom is -0.348 e. The lowest BCUT2D eigenvalue weighted by molar-refractivity contribution is 0.271. The molecule has 4 heterocycles. The number of piperazine rings is 1. The van der Waals surface area contributed by atoms with E-state index in [1.807, 2.05) is 0 Å². The number of anilines is 1. The molecule has 20 heavy (non-hydrogen) atoms. The maximum Gasteiger partial charge on any atom is 0.132 e. The maximum atomic E-state index is 5.09. The molecule has 106 valence electrons. The van der Waals surface area contributed by atoms with E-state index >= 15 is 0 Å². The summed E-state index contributed by atoms with van der Waals surface area (Å²) in [6.07, 6.45) is 3.96. The first-order valence-corrected chi connectivity index (χ1v) is 8.04. The minimum absolute atomic E-state index is 0.571.